The van der Waals surface area contributed by atoms with Gasteiger partial charge in [-0.1, -0.05) is 20.8 Å². The van der Waals surface area contributed by atoms with E-state index in [1.54, 1.807) is 0 Å². The molecule has 0 aliphatic rings. The molecule has 0 bridgehead atoms. The van der Waals surface area contributed by atoms with Gasteiger partial charge in [0.2, 0.25) is 0 Å². The number of H-pyrrole nitrogens is 1. The predicted octanol–water partition coefficient (Wildman–Crippen LogP) is 1.68. The van der Waals surface area contributed by atoms with Gasteiger partial charge >= 0.3 is 5.97 Å². The topological polar surface area (TPSA) is 75.1 Å². The zero-order chi connectivity index (χ0) is 13.4. The van der Waals surface area contributed by atoms with Crippen molar-refractivity contribution in [3.05, 3.63) is 21.6 Å². The van der Waals surface area contributed by atoms with Crippen LogP contribution < -0.4 is 5.56 Å². The third kappa shape index (κ3) is 2.78. The molecular weight excluding hydrogens is 220 g/mol. The fourth-order valence-corrected chi connectivity index (χ4v) is 1.79. The lowest BCUT2D eigenvalue weighted by Gasteiger charge is -2.18. The van der Waals surface area contributed by atoms with Crippen LogP contribution in [0, 0.1) is 0 Å². The first-order chi connectivity index (χ1) is 7.64. The average Bonchev–Trinajstić information content (AvgIpc) is 2.42. The van der Waals surface area contributed by atoms with Gasteiger partial charge in [-0.3, -0.25) is 19.4 Å². The third-order valence-electron chi connectivity index (χ3n) is 2.61. The SMILES string of the molecule is CC(C)n1[nH]c(C(C)(C)C)c(CC(=O)O)c1=O. The summed E-state index contributed by atoms with van der Waals surface area (Å²) in [6.45, 7) is 9.63. The monoisotopic (exact) mass is 240 g/mol. The normalized spacial score (nSPS) is 12.1. The second kappa shape index (κ2) is 4.39. The molecule has 0 spiro atoms. The summed E-state index contributed by atoms with van der Waals surface area (Å²) in [7, 11) is 0. The Labute approximate surface area is 100 Å². The second-order valence-corrected chi connectivity index (χ2v) is 5.55. The Morgan fingerprint density at radius 2 is 1.94 bits per heavy atom. The van der Waals surface area contributed by atoms with E-state index in [4.69, 9.17) is 5.11 Å². The quantitative estimate of drug-likeness (QED) is 0.844. The van der Waals surface area contributed by atoms with Gasteiger partial charge in [0.15, 0.2) is 0 Å². The molecule has 0 aliphatic carbocycles. The van der Waals surface area contributed by atoms with Crippen molar-refractivity contribution < 1.29 is 9.90 Å². The minimum Gasteiger partial charge on any atom is -0.481 e. The number of aromatic amines is 1. The summed E-state index contributed by atoms with van der Waals surface area (Å²) >= 11 is 0. The number of carboxylic acid groups (broad SMARTS) is 1. The van der Waals surface area contributed by atoms with E-state index in [0.717, 1.165) is 0 Å². The van der Waals surface area contributed by atoms with Crippen LogP contribution in [0.25, 0.3) is 0 Å². The van der Waals surface area contributed by atoms with E-state index in [1.165, 1.54) is 4.68 Å². The van der Waals surface area contributed by atoms with Crippen molar-refractivity contribution in [2.24, 2.45) is 0 Å². The maximum Gasteiger partial charge on any atom is 0.308 e. The average molecular weight is 240 g/mol. The number of nitrogens with zero attached hydrogens (tertiary/aromatic N) is 1. The molecule has 1 heterocycles. The molecule has 0 fully saturated rings. The minimum atomic E-state index is -0.984. The van der Waals surface area contributed by atoms with E-state index >= 15 is 0 Å². The first-order valence-electron chi connectivity index (χ1n) is 5.70. The first kappa shape index (κ1) is 13.5. The summed E-state index contributed by atoms with van der Waals surface area (Å²) in [5.74, 6) is -0.984. The van der Waals surface area contributed by atoms with Crippen molar-refractivity contribution >= 4 is 5.97 Å². The summed E-state index contributed by atoms with van der Waals surface area (Å²) in [4.78, 5) is 22.9. The molecule has 1 aromatic heterocycles. The van der Waals surface area contributed by atoms with Crippen LogP contribution in [0.3, 0.4) is 0 Å². The molecule has 0 aliphatic heterocycles. The summed E-state index contributed by atoms with van der Waals surface area (Å²) in [6, 6.07) is -0.00820. The molecule has 0 amide bonds. The lowest BCUT2D eigenvalue weighted by Crippen LogP contribution is -2.22. The van der Waals surface area contributed by atoms with Gasteiger partial charge in [0.25, 0.3) is 5.56 Å². The van der Waals surface area contributed by atoms with Gasteiger partial charge in [-0.05, 0) is 13.8 Å². The van der Waals surface area contributed by atoms with Crippen LogP contribution in [0.4, 0.5) is 0 Å². The summed E-state index contributed by atoms with van der Waals surface area (Å²) in [6.07, 6.45) is -0.234. The highest BCUT2D eigenvalue weighted by Gasteiger charge is 2.26. The molecule has 1 rings (SSSR count). The fourth-order valence-electron chi connectivity index (χ4n) is 1.79. The first-order valence-corrected chi connectivity index (χ1v) is 5.70. The van der Waals surface area contributed by atoms with Crippen LogP contribution in [-0.2, 0) is 16.6 Å². The number of carbonyl (C=O) groups is 1. The van der Waals surface area contributed by atoms with Gasteiger partial charge in [-0.2, -0.15) is 0 Å². The van der Waals surface area contributed by atoms with Gasteiger partial charge in [-0.25, -0.2) is 0 Å². The third-order valence-corrected chi connectivity index (χ3v) is 2.61. The van der Waals surface area contributed by atoms with E-state index in [1.807, 2.05) is 34.6 Å². The predicted molar refractivity (Wildman–Crippen MR) is 65.5 cm³/mol. The Hall–Kier alpha value is -1.52. The van der Waals surface area contributed by atoms with Crippen molar-refractivity contribution in [2.45, 2.75) is 52.5 Å². The summed E-state index contributed by atoms with van der Waals surface area (Å²) < 4.78 is 1.48. The molecule has 0 aromatic carbocycles. The molecule has 0 saturated carbocycles. The maximum atomic E-state index is 12.1. The van der Waals surface area contributed by atoms with Crippen LogP contribution in [0.15, 0.2) is 4.79 Å². The second-order valence-electron chi connectivity index (χ2n) is 5.55. The Morgan fingerprint density at radius 3 is 2.29 bits per heavy atom. The lowest BCUT2D eigenvalue weighted by atomic mass is 9.89. The number of aromatic nitrogens is 2. The van der Waals surface area contributed by atoms with Gasteiger partial charge in [0.1, 0.15) is 0 Å². The molecule has 0 saturated heterocycles. The highest BCUT2D eigenvalue weighted by Crippen LogP contribution is 2.23. The smallest absolute Gasteiger partial charge is 0.308 e. The zero-order valence-corrected chi connectivity index (χ0v) is 11.0. The molecule has 0 unspecified atom stereocenters. The standard InChI is InChI=1S/C12H20N2O3/c1-7(2)14-11(17)8(6-9(15)16)10(13-14)12(3,4)5/h7,13H,6H2,1-5H3,(H,15,16). The van der Waals surface area contributed by atoms with E-state index in [0.29, 0.717) is 11.3 Å². The molecule has 1 aromatic rings. The Bertz CT molecular complexity index is 475. The molecular formula is C12H20N2O3. The molecule has 5 nitrogen and oxygen atoms in total. The van der Waals surface area contributed by atoms with Crippen molar-refractivity contribution in [3.8, 4) is 0 Å². The van der Waals surface area contributed by atoms with E-state index in [2.05, 4.69) is 5.10 Å². The zero-order valence-electron chi connectivity index (χ0n) is 11.0. The fraction of sp³-hybridized carbons (Fsp3) is 0.667. The number of nitrogens with one attached hydrogen (secondary N) is 1. The Morgan fingerprint density at radius 1 is 1.41 bits per heavy atom. The van der Waals surface area contributed by atoms with Crippen LogP contribution in [0.5, 0.6) is 0 Å². The Kier molecular flexibility index (Phi) is 3.50. The molecule has 5 heteroatoms. The molecule has 2 N–H and O–H groups in total. The van der Waals surface area contributed by atoms with Crippen molar-refractivity contribution in [2.75, 3.05) is 0 Å². The molecule has 0 radical (unpaired) electrons. The van der Waals surface area contributed by atoms with Gasteiger partial charge in [-0.15, -0.1) is 0 Å². The van der Waals surface area contributed by atoms with Gasteiger partial charge in [0, 0.05) is 17.2 Å². The maximum absolute atomic E-state index is 12.1. The largest absolute Gasteiger partial charge is 0.481 e. The molecule has 17 heavy (non-hydrogen) atoms. The van der Waals surface area contributed by atoms with Crippen molar-refractivity contribution in [1.82, 2.24) is 9.78 Å². The molecule has 96 valence electrons. The van der Waals surface area contributed by atoms with Crippen LogP contribution in [0.1, 0.15) is 51.9 Å². The number of aliphatic carboxylic acids is 1. The molecule has 0 atom stereocenters. The van der Waals surface area contributed by atoms with Crippen molar-refractivity contribution in [3.63, 3.8) is 0 Å². The number of hydrogen-bond donors (Lipinski definition) is 2. The van der Waals surface area contributed by atoms with Crippen LogP contribution in [-0.4, -0.2) is 20.9 Å². The lowest BCUT2D eigenvalue weighted by molar-refractivity contribution is -0.136. The van der Waals surface area contributed by atoms with Crippen molar-refractivity contribution in [1.29, 1.82) is 0 Å². The van der Waals surface area contributed by atoms with E-state index < -0.39 is 5.97 Å². The summed E-state index contributed by atoms with van der Waals surface area (Å²) in [5.41, 5.74) is 0.564. The van der Waals surface area contributed by atoms with Crippen LogP contribution in [0.2, 0.25) is 0 Å². The summed E-state index contributed by atoms with van der Waals surface area (Å²) in [5, 5.41) is 11.9. The minimum absolute atomic E-state index is 0.00820. The van der Waals surface area contributed by atoms with Gasteiger partial charge in [0.05, 0.1) is 12.0 Å². The number of hydrogen-bond acceptors (Lipinski definition) is 2. The van der Waals surface area contributed by atoms with Crippen LogP contribution >= 0.6 is 0 Å². The Balaban J connectivity index is 3.43. The number of rotatable bonds is 3. The highest BCUT2D eigenvalue weighted by molar-refractivity contribution is 5.70. The number of carboxylic acids is 1. The highest BCUT2D eigenvalue weighted by atomic mass is 16.4. The van der Waals surface area contributed by atoms with E-state index in [9.17, 15) is 9.59 Å². The van der Waals surface area contributed by atoms with E-state index in [-0.39, 0.29) is 23.4 Å². The van der Waals surface area contributed by atoms with Gasteiger partial charge < -0.3 is 5.11 Å².